The van der Waals surface area contributed by atoms with Gasteiger partial charge >= 0.3 is 0 Å². The lowest BCUT2D eigenvalue weighted by atomic mass is 10.2. The molecule has 0 bridgehead atoms. The van der Waals surface area contributed by atoms with Gasteiger partial charge in [-0.25, -0.2) is 0 Å². The lowest BCUT2D eigenvalue weighted by molar-refractivity contribution is 0.778. The van der Waals surface area contributed by atoms with Gasteiger partial charge in [0.1, 0.15) is 0 Å². The van der Waals surface area contributed by atoms with E-state index in [2.05, 4.69) is 52.2 Å². The Hall–Kier alpha value is -0.670. The first-order chi connectivity index (χ1) is 6.72. The van der Waals surface area contributed by atoms with Crippen molar-refractivity contribution in [1.82, 2.24) is 10.3 Å². The number of aromatic nitrogens is 1. The molecule has 0 amide bonds. The fraction of sp³-hybridized carbons (Fsp3) is 0.364. The SMILES string of the molecule is CCNC/C(C)=C/c1cncc(Br)c1. The number of rotatable bonds is 4. The summed E-state index contributed by atoms with van der Waals surface area (Å²) >= 11 is 3.40. The van der Waals surface area contributed by atoms with Crippen molar-refractivity contribution in [3.05, 3.63) is 34.1 Å². The zero-order valence-electron chi connectivity index (χ0n) is 8.55. The number of halogens is 1. The highest BCUT2D eigenvalue weighted by Crippen LogP contribution is 2.12. The summed E-state index contributed by atoms with van der Waals surface area (Å²) in [6, 6.07) is 2.06. The maximum absolute atomic E-state index is 4.11. The highest BCUT2D eigenvalue weighted by molar-refractivity contribution is 9.10. The minimum absolute atomic E-state index is 0.934. The molecule has 0 aliphatic rings. The Labute approximate surface area is 93.6 Å². The Morgan fingerprint density at radius 3 is 3.00 bits per heavy atom. The van der Waals surface area contributed by atoms with E-state index in [4.69, 9.17) is 0 Å². The van der Waals surface area contributed by atoms with Crippen LogP contribution in [0.5, 0.6) is 0 Å². The van der Waals surface area contributed by atoms with Gasteiger partial charge in [-0.15, -0.1) is 0 Å². The van der Waals surface area contributed by atoms with Gasteiger partial charge in [-0.3, -0.25) is 4.98 Å². The van der Waals surface area contributed by atoms with Gasteiger partial charge in [-0.05, 0) is 41.0 Å². The molecule has 76 valence electrons. The third-order valence-corrected chi connectivity index (χ3v) is 2.23. The highest BCUT2D eigenvalue weighted by atomic mass is 79.9. The van der Waals surface area contributed by atoms with Crippen molar-refractivity contribution in [2.75, 3.05) is 13.1 Å². The molecule has 0 fully saturated rings. The molecule has 14 heavy (non-hydrogen) atoms. The van der Waals surface area contributed by atoms with Gasteiger partial charge in [0, 0.05) is 23.4 Å². The van der Waals surface area contributed by atoms with Gasteiger partial charge in [0.15, 0.2) is 0 Å². The average Bonchev–Trinajstić information content (AvgIpc) is 2.15. The summed E-state index contributed by atoms with van der Waals surface area (Å²) < 4.78 is 1.02. The molecule has 1 aromatic rings. The minimum atomic E-state index is 0.934. The van der Waals surface area contributed by atoms with Crippen LogP contribution in [0.3, 0.4) is 0 Å². The number of nitrogens with zero attached hydrogens (tertiary/aromatic N) is 1. The molecule has 1 heterocycles. The predicted molar refractivity (Wildman–Crippen MR) is 64.1 cm³/mol. The maximum atomic E-state index is 4.11. The molecule has 3 heteroatoms. The summed E-state index contributed by atoms with van der Waals surface area (Å²) in [5.74, 6) is 0. The van der Waals surface area contributed by atoms with Crippen LogP contribution in [0.4, 0.5) is 0 Å². The molecule has 0 radical (unpaired) electrons. The molecule has 0 saturated heterocycles. The third kappa shape index (κ3) is 4.03. The maximum Gasteiger partial charge on any atom is 0.0410 e. The normalized spacial score (nSPS) is 11.8. The fourth-order valence-corrected chi connectivity index (χ4v) is 1.55. The van der Waals surface area contributed by atoms with Crippen molar-refractivity contribution < 1.29 is 0 Å². The van der Waals surface area contributed by atoms with E-state index in [9.17, 15) is 0 Å². The van der Waals surface area contributed by atoms with Gasteiger partial charge in [-0.2, -0.15) is 0 Å². The van der Waals surface area contributed by atoms with E-state index >= 15 is 0 Å². The molecule has 0 spiro atoms. The molecule has 1 N–H and O–H groups in total. The number of likely N-dealkylation sites (N-methyl/N-ethyl adjacent to an activating group) is 1. The van der Waals surface area contributed by atoms with Crippen LogP contribution in [-0.4, -0.2) is 18.1 Å². The minimum Gasteiger partial charge on any atom is -0.313 e. The summed E-state index contributed by atoms with van der Waals surface area (Å²) in [5, 5.41) is 3.28. The van der Waals surface area contributed by atoms with Crippen LogP contribution in [0.1, 0.15) is 19.4 Å². The lowest BCUT2D eigenvalue weighted by Crippen LogP contribution is -2.14. The number of hydrogen-bond acceptors (Lipinski definition) is 2. The van der Waals surface area contributed by atoms with Gasteiger partial charge in [0.2, 0.25) is 0 Å². The van der Waals surface area contributed by atoms with Crippen LogP contribution in [0, 0.1) is 0 Å². The fourth-order valence-electron chi connectivity index (χ4n) is 1.16. The van der Waals surface area contributed by atoms with Crippen molar-refractivity contribution >= 4 is 22.0 Å². The largest absolute Gasteiger partial charge is 0.313 e. The zero-order valence-corrected chi connectivity index (χ0v) is 10.1. The molecule has 1 aromatic heterocycles. The van der Waals surface area contributed by atoms with Crippen molar-refractivity contribution in [3.63, 3.8) is 0 Å². The Balaban J connectivity index is 2.66. The van der Waals surface area contributed by atoms with Gasteiger partial charge < -0.3 is 5.32 Å². The Bertz CT molecular complexity index is 321. The second-order valence-electron chi connectivity index (χ2n) is 3.21. The van der Waals surface area contributed by atoms with Crippen LogP contribution >= 0.6 is 15.9 Å². The van der Waals surface area contributed by atoms with E-state index in [0.717, 1.165) is 23.1 Å². The number of nitrogens with one attached hydrogen (secondary N) is 1. The standard InChI is InChI=1S/C11H15BrN2/c1-3-13-6-9(2)4-10-5-11(12)8-14-7-10/h4-5,7-8,13H,3,6H2,1-2H3/b9-4+. The van der Waals surface area contributed by atoms with E-state index in [-0.39, 0.29) is 0 Å². The third-order valence-electron chi connectivity index (χ3n) is 1.79. The van der Waals surface area contributed by atoms with Gasteiger partial charge in [0.05, 0.1) is 0 Å². The van der Waals surface area contributed by atoms with Crippen molar-refractivity contribution in [1.29, 1.82) is 0 Å². The molecule has 0 unspecified atom stereocenters. The van der Waals surface area contributed by atoms with E-state index < -0.39 is 0 Å². The van der Waals surface area contributed by atoms with Crippen LogP contribution in [0.25, 0.3) is 6.08 Å². The Morgan fingerprint density at radius 2 is 2.36 bits per heavy atom. The molecule has 1 rings (SSSR count). The first-order valence-electron chi connectivity index (χ1n) is 4.71. The summed E-state index contributed by atoms with van der Waals surface area (Å²) in [6.45, 7) is 6.16. The van der Waals surface area contributed by atoms with E-state index in [1.165, 1.54) is 5.57 Å². The van der Waals surface area contributed by atoms with E-state index in [1.54, 1.807) is 6.20 Å². The van der Waals surface area contributed by atoms with Crippen molar-refractivity contribution in [3.8, 4) is 0 Å². The van der Waals surface area contributed by atoms with Crippen LogP contribution in [-0.2, 0) is 0 Å². The van der Waals surface area contributed by atoms with Crippen LogP contribution in [0.15, 0.2) is 28.5 Å². The zero-order chi connectivity index (χ0) is 10.4. The Kier molecular flexibility index (Phi) is 4.84. The van der Waals surface area contributed by atoms with E-state index in [1.807, 2.05) is 6.20 Å². The number of hydrogen-bond donors (Lipinski definition) is 1. The molecule has 2 nitrogen and oxygen atoms in total. The smallest absolute Gasteiger partial charge is 0.0410 e. The molecule has 0 aliphatic carbocycles. The second-order valence-corrected chi connectivity index (χ2v) is 4.12. The van der Waals surface area contributed by atoms with Crippen LogP contribution in [0.2, 0.25) is 0 Å². The summed E-state index contributed by atoms with van der Waals surface area (Å²) in [5.41, 5.74) is 2.45. The molecular formula is C11H15BrN2. The molecular weight excluding hydrogens is 240 g/mol. The monoisotopic (exact) mass is 254 g/mol. The summed E-state index contributed by atoms with van der Waals surface area (Å²) in [4.78, 5) is 4.11. The average molecular weight is 255 g/mol. The highest BCUT2D eigenvalue weighted by Gasteiger charge is 1.92. The Morgan fingerprint density at radius 1 is 1.57 bits per heavy atom. The van der Waals surface area contributed by atoms with E-state index in [0.29, 0.717) is 0 Å². The topological polar surface area (TPSA) is 24.9 Å². The van der Waals surface area contributed by atoms with Crippen LogP contribution < -0.4 is 5.32 Å². The van der Waals surface area contributed by atoms with Gasteiger partial charge in [0.25, 0.3) is 0 Å². The molecule has 0 saturated carbocycles. The van der Waals surface area contributed by atoms with Crippen molar-refractivity contribution in [2.24, 2.45) is 0 Å². The molecule has 0 aliphatic heterocycles. The lowest BCUT2D eigenvalue weighted by Gasteiger charge is -2.01. The summed E-state index contributed by atoms with van der Waals surface area (Å²) in [6.07, 6.45) is 5.79. The predicted octanol–water partition coefficient (Wildman–Crippen LogP) is 2.86. The molecule has 0 atom stereocenters. The second kappa shape index (κ2) is 5.94. The first-order valence-corrected chi connectivity index (χ1v) is 5.50. The summed E-state index contributed by atoms with van der Waals surface area (Å²) in [7, 11) is 0. The van der Waals surface area contributed by atoms with Crippen molar-refractivity contribution in [2.45, 2.75) is 13.8 Å². The first kappa shape index (κ1) is 11.4. The molecule has 0 aromatic carbocycles. The van der Waals surface area contributed by atoms with Gasteiger partial charge in [-0.1, -0.05) is 18.6 Å². The quantitative estimate of drug-likeness (QED) is 0.894. The number of pyridine rings is 1.